The second-order valence-corrected chi connectivity index (χ2v) is 4.61. The molecule has 4 heteroatoms. The van der Waals surface area contributed by atoms with Crippen molar-refractivity contribution >= 4 is 17.5 Å². The second-order valence-electron chi connectivity index (χ2n) is 4.24. The fraction of sp³-hybridized carbons (Fsp3) is 0.417. The average Bonchev–Trinajstić information content (AvgIpc) is 2.68. The molecule has 0 spiro atoms. The van der Waals surface area contributed by atoms with Crippen LogP contribution >= 0.6 is 11.6 Å². The van der Waals surface area contributed by atoms with E-state index in [4.69, 9.17) is 17.3 Å². The first-order chi connectivity index (χ1) is 7.59. The first-order valence-corrected chi connectivity index (χ1v) is 5.77. The molecule has 0 radical (unpaired) electrons. The number of likely N-dealkylation sites (tertiary alicyclic amines) is 1. The van der Waals surface area contributed by atoms with E-state index < -0.39 is 0 Å². The Labute approximate surface area is 100 Å². The number of aryl methyl sites for hydroxylation is 1. The van der Waals surface area contributed by atoms with Gasteiger partial charge in [-0.1, -0.05) is 23.7 Å². The number of hydrogen-bond donors (Lipinski definition) is 1. The summed E-state index contributed by atoms with van der Waals surface area (Å²) in [4.78, 5) is 13.9. The number of carbonyl (C=O) groups is 1. The Morgan fingerprint density at radius 3 is 2.94 bits per heavy atom. The van der Waals surface area contributed by atoms with E-state index in [1.165, 1.54) is 0 Å². The van der Waals surface area contributed by atoms with Crippen molar-refractivity contribution in [1.29, 1.82) is 0 Å². The maximum atomic E-state index is 12.2. The summed E-state index contributed by atoms with van der Waals surface area (Å²) in [6.45, 7) is 3.25. The zero-order valence-corrected chi connectivity index (χ0v) is 10.00. The molecule has 2 N–H and O–H groups in total. The molecule has 0 aromatic heterocycles. The lowest BCUT2D eigenvalue weighted by molar-refractivity contribution is 0.0791. The van der Waals surface area contributed by atoms with Crippen molar-refractivity contribution in [2.45, 2.75) is 19.4 Å². The highest BCUT2D eigenvalue weighted by atomic mass is 35.5. The van der Waals surface area contributed by atoms with Crippen LogP contribution in [0.15, 0.2) is 18.2 Å². The van der Waals surface area contributed by atoms with Crippen molar-refractivity contribution in [2.24, 2.45) is 5.73 Å². The molecule has 1 aromatic rings. The minimum Gasteiger partial charge on any atom is -0.337 e. The van der Waals surface area contributed by atoms with E-state index in [9.17, 15) is 4.79 Å². The summed E-state index contributed by atoms with van der Waals surface area (Å²) in [5, 5.41) is 0.549. The fourth-order valence-corrected chi connectivity index (χ4v) is 2.16. The van der Waals surface area contributed by atoms with Crippen molar-refractivity contribution in [2.75, 3.05) is 13.1 Å². The molecule has 1 saturated heterocycles. The smallest absolute Gasteiger partial charge is 0.255 e. The van der Waals surface area contributed by atoms with Crippen molar-refractivity contribution in [1.82, 2.24) is 4.90 Å². The Balaban J connectivity index is 2.24. The van der Waals surface area contributed by atoms with Crippen molar-refractivity contribution in [3.8, 4) is 0 Å². The molecule has 1 amide bonds. The van der Waals surface area contributed by atoms with Gasteiger partial charge in [-0.25, -0.2) is 0 Å². The van der Waals surface area contributed by atoms with Gasteiger partial charge in [0.1, 0.15) is 0 Å². The van der Waals surface area contributed by atoms with Crippen molar-refractivity contribution in [3.05, 3.63) is 34.3 Å². The molecular formula is C12H15ClN2O. The summed E-state index contributed by atoms with van der Waals surface area (Å²) < 4.78 is 0. The van der Waals surface area contributed by atoms with Crippen LogP contribution in [-0.4, -0.2) is 29.9 Å². The SMILES string of the molecule is Cc1cccc(C(=O)N2CC[C@H](N)C2)c1Cl. The average molecular weight is 239 g/mol. The molecule has 0 bridgehead atoms. The molecule has 1 aromatic carbocycles. The lowest BCUT2D eigenvalue weighted by Gasteiger charge is -2.17. The van der Waals surface area contributed by atoms with Gasteiger partial charge in [-0.2, -0.15) is 0 Å². The maximum absolute atomic E-state index is 12.2. The van der Waals surface area contributed by atoms with Gasteiger partial charge in [0.2, 0.25) is 0 Å². The molecule has 2 rings (SSSR count). The monoisotopic (exact) mass is 238 g/mol. The quantitative estimate of drug-likeness (QED) is 0.811. The number of carbonyl (C=O) groups excluding carboxylic acids is 1. The van der Waals surface area contributed by atoms with E-state index in [0.29, 0.717) is 17.1 Å². The number of halogens is 1. The van der Waals surface area contributed by atoms with E-state index >= 15 is 0 Å². The van der Waals surface area contributed by atoms with Crippen molar-refractivity contribution < 1.29 is 4.79 Å². The molecule has 1 fully saturated rings. The standard InChI is InChI=1S/C12H15ClN2O/c1-8-3-2-4-10(11(8)13)12(16)15-6-5-9(14)7-15/h2-4,9H,5-7,14H2,1H3/t9-/m0/s1. The molecular weight excluding hydrogens is 224 g/mol. The summed E-state index contributed by atoms with van der Waals surface area (Å²) >= 11 is 6.12. The predicted molar refractivity (Wildman–Crippen MR) is 64.7 cm³/mol. The lowest BCUT2D eigenvalue weighted by Crippen LogP contribution is -2.32. The number of amides is 1. The van der Waals surface area contributed by atoms with Gasteiger partial charge in [0.05, 0.1) is 10.6 Å². The molecule has 1 aliphatic heterocycles. The Morgan fingerprint density at radius 1 is 1.56 bits per heavy atom. The van der Waals surface area contributed by atoms with E-state index in [0.717, 1.165) is 18.5 Å². The summed E-state index contributed by atoms with van der Waals surface area (Å²) in [7, 11) is 0. The fourth-order valence-electron chi connectivity index (χ4n) is 1.95. The number of nitrogens with two attached hydrogens (primary N) is 1. The van der Waals surface area contributed by atoms with Gasteiger partial charge in [-0.3, -0.25) is 4.79 Å². The third kappa shape index (κ3) is 2.06. The number of nitrogens with zero attached hydrogens (tertiary/aromatic N) is 1. The Bertz CT molecular complexity index is 419. The summed E-state index contributed by atoms with van der Waals surface area (Å²) in [5.74, 6) is -0.0124. The van der Waals surface area contributed by atoms with Gasteiger partial charge in [0, 0.05) is 19.1 Å². The zero-order valence-electron chi connectivity index (χ0n) is 9.24. The minimum absolute atomic E-state index is 0.0124. The highest BCUT2D eigenvalue weighted by Gasteiger charge is 2.25. The molecule has 1 heterocycles. The summed E-state index contributed by atoms with van der Waals surface area (Å²) in [6, 6.07) is 5.62. The molecule has 0 saturated carbocycles. The number of rotatable bonds is 1. The minimum atomic E-state index is -0.0124. The van der Waals surface area contributed by atoms with E-state index in [1.807, 2.05) is 19.1 Å². The van der Waals surface area contributed by atoms with Gasteiger partial charge in [-0.05, 0) is 25.0 Å². The van der Waals surface area contributed by atoms with Crippen LogP contribution in [0.1, 0.15) is 22.3 Å². The second kappa shape index (κ2) is 4.44. The first kappa shape index (κ1) is 11.4. The van der Waals surface area contributed by atoms with Gasteiger partial charge < -0.3 is 10.6 Å². The third-order valence-corrected chi connectivity index (χ3v) is 3.44. The van der Waals surface area contributed by atoms with Gasteiger partial charge in [0.15, 0.2) is 0 Å². The Morgan fingerprint density at radius 2 is 2.31 bits per heavy atom. The van der Waals surface area contributed by atoms with Crippen LogP contribution in [0.2, 0.25) is 5.02 Å². The molecule has 86 valence electrons. The van der Waals surface area contributed by atoms with E-state index in [2.05, 4.69) is 0 Å². The van der Waals surface area contributed by atoms with Crippen LogP contribution in [0, 0.1) is 6.92 Å². The Kier molecular flexibility index (Phi) is 3.17. The predicted octanol–water partition coefficient (Wildman–Crippen LogP) is 1.82. The molecule has 16 heavy (non-hydrogen) atoms. The largest absolute Gasteiger partial charge is 0.337 e. The molecule has 1 atom stereocenters. The number of benzene rings is 1. The highest BCUT2D eigenvalue weighted by Crippen LogP contribution is 2.23. The molecule has 0 aliphatic carbocycles. The molecule has 0 unspecified atom stereocenters. The van der Waals surface area contributed by atoms with Crippen LogP contribution in [-0.2, 0) is 0 Å². The van der Waals surface area contributed by atoms with Crippen LogP contribution in [0.3, 0.4) is 0 Å². The van der Waals surface area contributed by atoms with Crippen molar-refractivity contribution in [3.63, 3.8) is 0 Å². The zero-order chi connectivity index (χ0) is 11.7. The Hall–Kier alpha value is -1.06. The first-order valence-electron chi connectivity index (χ1n) is 5.39. The number of hydrogen-bond acceptors (Lipinski definition) is 2. The normalized spacial score (nSPS) is 20.2. The molecule has 3 nitrogen and oxygen atoms in total. The van der Waals surface area contributed by atoms with Crippen LogP contribution in [0.4, 0.5) is 0 Å². The molecule has 1 aliphatic rings. The van der Waals surface area contributed by atoms with E-state index in [-0.39, 0.29) is 11.9 Å². The maximum Gasteiger partial charge on any atom is 0.255 e. The summed E-state index contributed by atoms with van der Waals surface area (Å²) in [6.07, 6.45) is 0.870. The summed E-state index contributed by atoms with van der Waals surface area (Å²) in [5.41, 5.74) is 7.29. The topological polar surface area (TPSA) is 46.3 Å². The van der Waals surface area contributed by atoms with Gasteiger partial charge in [0.25, 0.3) is 5.91 Å². The van der Waals surface area contributed by atoms with Crippen LogP contribution in [0.25, 0.3) is 0 Å². The van der Waals surface area contributed by atoms with Crippen LogP contribution in [0.5, 0.6) is 0 Å². The van der Waals surface area contributed by atoms with Gasteiger partial charge in [-0.15, -0.1) is 0 Å². The van der Waals surface area contributed by atoms with Gasteiger partial charge >= 0.3 is 0 Å². The lowest BCUT2D eigenvalue weighted by atomic mass is 10.1. The third-order valence-electron chi connectivity index (χ3n) is 2.93. The van der Waals surface area contributed by atoms with Crippen LogP contribution < -0.4 is 5.73 Å². The van der Waals surface area contributed by atoms with E-state index in [1.54, 1.807) is 11.0 Å². The highest BCUT2D eigenvalue weighted by molar-refractivity contribution is 6.34.